The lowest BCUT2D eigenvalue weighted by Gasteiger charge is -2.12. The lowest BCUT2D eigenvalue weighted by atomic mass is 10.0. The zero-order valence-electron chi connectivity index (χ0n) is 13.5. The molecule has 118 valence electrons. The first-order chi connectivity index (χ1) is 11.8. The monoisotopic (exact) mass is 313 g/mol. The minimum atomic E-state index is 0.0235. The molecule has 3 rings (SSSR count). The molecule has 0 saturated carbocycles. The summed E-state index contributed by atoms with van der Waals surface area (Å²) in [7, 11) is 0. The summed E-state index contributed by atoms with van der Waals surface area (Å²) in [6.45, 7) is 7.73. The number of allylic oxidation sites excluding steroid dienone is 2. The highest BCUT2D eigenvalue weighted by molar-refractivity contribution is 5.60. The molecular formula is C21H19N3. The van der Waals surface area contributed by atoms with Gasteiger partial charge in [0.25, 0.3) is 0 Å². The largest absolute Gasteiger partial charge is 0.212 e. The van der Waals surface area contributed by atoms with Crippen molar-refractivity contribution >= 4 is 0 Å². The van der Waals surface area contributed by atoms with E-state index in [4.69, 9.17) is 0 Å². The van der Waals surface area contributed by atoms with Crippen LogP contribution in [0.4, 0.5) is 0 Å². The third-order valence-corrected chi connectivity index (χ3v) is 3.75. The molecule has 3 aromatic rings. The first kappa shape index (κ1) is 15.8. The topological polar surface area (TPSA) is 38.7 Å². The summed E-state index contributed by atoms with van der Waals surface area (Å²) in [5.41, 5.74) is 1.94. The van der Waals surface area contributed by atoms with E-state index in [-0.39, 0.29) is 5.92 Å². The first-order valence-corrected chi connectivity index (χ1v) is 7.92. The molecule has 3 heteroatoms. The maximum absolute atomic E-state index is 4.68. The molecule has 1 unspecified atom stereocenters. The molecule has 0 aliphatic carbocycles. The minimum Gasteiger partial charge on any atom is -0.212 e. The van der Waals surface area contributed by atoms with Crippen molar-refractivity contribution in [3.05, 3.63) is 91.8 Å². The lowest BCUT2D eigenvalue weighted by molar-refractivity contribution is 0.772. The van der Waals surface area contributed by atoms with Gasteiger partial charge in [-0.1, -0.05) is 72.8 Å². The Morgan fingerprint density at radius 3 is 1.67 bits per heavy atom. The van der Waals surface area contributed by atoms with Gasteiger partial charge in [0.05, 0.1) is 0 Å². The summed E-state index contributed by atoms with van der Waals surface area (Å²) < 4.78 is 0. The smallest absolute Gasteiger partial charge is 0.163 e. The van der Waals surface area contributed by atoms with Crippen LogP contribution in [0.25, 0.3) is 22.8 Å². The van der Waals surface area contributed by atoms with E-state index in [1.54, 1.807) is 0 Å². The highest BCUT2D eigenvalue weighted by Gasteiger charge is 2.15. The minimum absolute atomic E-state index is 0.0235. The summed E-state index contributed by atoms with van der Waals surface area (Å²) >= 11 is 0. The fraction of sp³-hybridized carbons (Fsp3) is 0.0952. The van der Waals surface area contributed by atoms with Crippen LogP contribution in [0.15, 0.2) is 86.0 Å². The average Bonchev–Trinajstić information content (AvgIpc) is 2.67. The van der Waals surface area contributed by atoms with Gasteiger partial charge < -0.3 is 0 Å². The Morgan fingerprint density at radius 2 is 1.25 bits per heavy atom. The lowest BCUT2D eigenvalue weighted by Crippen LogP contribution is -2.06. The van der Waals surface area contributed by atoms with Gasteiger partial charge in [0.1, 0.15) is 5.82 Å². The number of hydrogen-bond donors (Lipinski definition) is 0. The van der Waals surface area contributed by atoms with E-state index >= 15 is 0 Å². The summed E-state index contributed by atoms with van der Waals surface area (Å²) in [6.07, 6.45) is 4.47. The SMILES string of the molecule is C=CCC(C=C)c1nc(-c2ccccc2)nc(-c2ccccc2)n1. The number of aromatic nitrogens is 3. The molecular weight excluding hydrogens is 294 g/mol. The second-order valence-electron chi connectivity index (χ2n) is 5.44. The third kappa shape index (κ3) is 3.46. The molecule has 0 aliphatic rings. The Kier molecular flexibility index (Phi) is 4.92. The summed E-state index contributed by atoms with van der Waals surface area (Å²) in [4.78, 5) is 14.0. The van der Waals surface area contributed by atoms with E-state index in [0.717, 1.165) is 23.4 Å². The molecule has 0 radical (unpaired) electrons. The normalized spacial score (nSPS) is 11.7. The van der Waals surface area contributed by atoms with Crippen molar-refractivity contribution in [2.24, 2.45) is 0 Å². The van der Waals surface area contributed by atoms with E-state index in [9.17, 15) is 0 Å². The van der Waals surface area contributed by atoms with E-state index in [1.165, 1.54) is 0 Å². The molecule has 1 aromatic heterocycles. The van der Waals surface area contributed by atoms with Crippen LogP contribution in [-0.2, 0) is 0 Å². The molecule has 1 heterocycles. The molecule has 0 spiro atoms. The molecule has 3 nitrogen and oxygen atoms in total. The molecule has 0 amide bonds. The molecule has 0 saturated heterocycles. The quantitative estimate of drug-likeness (QED) is 0.598. The van der Waals surface area contributed by atoms with Crippen molar-refractivity contribution in [1.82, 2.24) is 15.0 Å². The standard InChI is InChI=1S/C21H19N3/c1-3-11-16(4-2)19-22-20(17-12-7-5-8-13-17)24-21(23-19)18-14-9-6-10-15-18/h3-10,12-16H,1-2,11H2. The van der Waals surface area contributed by atoms with Gasteiger partial charge in [0.2, 0.25) is 0 Å². The molecule has 0 fully saturated rings. The van der Waals surface area contributed by atoms with Gasteiger partial charge in [-0.15, -0.1) is 13.2 Å². The highest BCUT2D eigenvalue weighted by atomic mass is 15.0. The molecule has 0 aliphatic heterocycles. The van der Waals surface area contributed by atoms with Crippen LogP contribution < -0.4 is 0 Å². The zero-order valence-corrected chi connectivity index (χ0v) is 13.5. The number of hydrogen-bond acceptors (Lipinski definition) is 3. The average molecular weight is 313 g/mol. The van der Waals surface area contributed by atoms with E-state index in [2.05, 4.69) is 28.1 Å². The van der Waals surface area contributed by atoms with Gasteiger partial charge in [0, 0.05) is 17.0 Å². The Bertz CT molecular complexity index is 768. The van der Waals surface area contributed by atoms with Crippen LogP contribution in [0.3, 0.4) is 0 Å². The Balaban J connectivity index is 2.15. The van der Waals surface area contributed by atoms with Crippen molar-refractivity contribution in [2.45, 2.75) is 12.3 Å². The van der Waals surface area contributed by atoms with Crippen molar-refractivity contribution in [3.63, 3.8) is 0 Å². The highest BCUT2D eigenvalue weighted by Crippen LogP contribution is 2.24. The summed E-state index contributed by atoms with van der Waals surface area (Å²) in [5, 5.41) is 0. The maximum atomic E-state index is 4.68. The maximum Gasteiger partial charge on any atom is 0.163 e. The van der Waals surface area contributed by atoms with E-state index < -0.39 is 0 Å². The van der Waals surface area contributed by atoms with Crippen molar-refractivity contribution in [2.75, 3.05) is 0 Å². The van der Waals surface area contributed by atoms with Gasteiger partial charge in [-0.25, -0.2) is 15.0 Å². The predicted molar refractivity (Wildman–Crippen MR) is 98.5 cm³/mol. The van der Waals surface area contributed by atoms with Crippen LogP contribution in [0.2, 0.25) is 0 Å². The second kappa shape index (κ2) is 7.47. The number of nitrogens with zero attached hydrogens (tertiary/aromatic N) is 3. The third-order valence-electron chi connectivity index (χ3n) is 3.75. The molecule has 2 aromatic carbocycles. The molecule has 0 bridgehead atoms. The molecule has 1 atom stereocenters. The summed E-state index contributed by atoms with van der Waals surface area (Å²) in [6, 6.07) is 19.9. The van der Waals surface area contributed by atoms with Gasteiger partial charge in [0.15, 0.2) is 11.6 Å². The molecule has 0 N–H and O–H groups in total. The van der Waals surface area contributed by atoms with E-state index in [0.29, 0.717) is 11.6 Å². The Morgan fingerprint density at radius 1 is 0.750 bits per heavy atom. The van der Waals surface area contributed by atoms with Crippen molar-refractivity contribution in [1.29, 1.82) is 0 Å². The van der Waals surface area contributed by atoms with Gasteiger partial charge in [-0.2, -0.15) is 0 Å². The van der Waals surface area contributed by atoms with Crippen LogP contribution in [-0.4, -0.2) is 15.0 Å². The first-order valence-electron chi connectivity index (χ1n) is 7.92. The van der Waals surface area contributed by atoms with Crippen molar-refractivity contribution < 1.29 is 0 Å². The summed E-state index contributed by atoms with van der Waals surface area (Å²) in [5.74, 6) is 2.10. The van der Waals surface area contributed by atoms with Gasteiger partial charge in [-0.3, -0.25) is 0 Å². The van der Waals surface area contributed by atoms with E-state index in [1.807, 2.05) is 72.8 Å². The van der Waals surface area contributed by atoms with Crippen LogP contribution >= 0.6 is 0 Å². The second-order valence-corrected chi connectivity index (χ2v) is 5.44. The van der Waals surface area contributed by atoms with Gasteiger partial charge >= 0.3 is 0 Å². The fourth-order valence-corrected chi connectivity index (χ4v) is 2.48. The number of rotatable bonds is 6. The van der Waals surface area contributed by atoms with Crippen LogP contribution in [0.5, 0.6) is 0 Å². The van der Waals surface area contributed by atoms with Gasteiger partial charge in [-0.05, 0) is 6.42 Å². The Labute approximate surface area is 142 Å². The van der Waals surface area contributed by atoms with Crippen LogP contribution in [0.1, 0.15) is 18.2 Å². The van der Waals surface area contributed by atoms with Crippen molar-refractivity contribution in [3.8, 4) is 22.8 Å². The van der Waals surface area contributed by atoms with Crippen LogP contribution in [0, 0.1) is 0 Å². The number of benzene rings is 2. The predicted octanol–water partition coefficient (Wildman–Crippen LogP) is 5.05. The molecule has 24 heavy (non-hydrogen) atoms. The fourth-order valence-electron chi connectivity index (χ4n) is 2.48. The Hall–Kier alpha value is -3.07. The zero-order chi connectivity index (χ0) is 16.8.